The molecular weight excluding hydrogens is 520 g/mol. The summed E-state index contributed by atoms with van der Waals surface area (Å²) in [4.78, 5) is 54.4. The van der Waals surface area contributed by atoms with Crippen molar-refractivity contribution in [1.82, 2.24) is 20.9 Å². The Morgan fingerprint density at radius 2 is 1.51 bits per heavy atom. The molecule has 10 heteroatoms. The van der Waals surface area contributed by atoms with Crippen LogP contribution in [-0.4, -0.2) is 42.0 Å². The maximum absolute atomic E-state index is 14.1. The largest absolute Gasteiger partial charge is 0.463 e. The fourth-order valence-corrected chi connectivity index (χ4v) is 5.04. The van der Waals surface area contributed by atoms with Crippen LogP contribution in [0.15, 0.2) is 96.2 Å². The van der Waals surface area contributed by atoms with Crippen LogP contribution in [0.1, 0.15) is 29.7 Å². The van der Waals surface area contributed by atoms with E-state index in [2.05, 4.69) is 16.0 Å². The molecular formula is C29H25ClN4O5. The third kappa shape index (κ3) is 4.72. The molecule has 2 aliphatic rings. The van der Waals surface area contributed by atoms with Gasteiger partial charge in [0.25, 0.3) is 5.91 Å². The summed E-state index contributed by atoms with van der Waals surface area (Å²) in [5, 5.41) is 8.71. The molecule has 0 aliphatic carbocycles. The molecule has 198 valence electrons. The van der Waals surface area contributed by atoms with Crippen molar-refractivity contribution >= 4 is 35.5 Å². The molecule has 1 atom stereocenters. The van der Waals surface area contributed by atoms with Gasteiger partial charge in [0, 0.05) is 5.02 Å². The van der Waals surface area contributed by atoms with Crippen molar-refractivity contribution in [2.24, 2.45) is 0 Å². The number of carbonyl (C=O) groups excluding carboxylic acids is 4. The second-order valence-electron chi connectivity index (χ2n) is 9.00. The number of urea groups is 2. The highest BCUT2D eigenvalue weighted by Crippen LogP contribution is 2.37. The van der Waals surface area contributed by atoms with Gasteiger partial charge in [0.1, 0.15) is 0 Å². The maximum Gasteiger partial charge on any atom is 0.338 e. The molecule has 1 fully saturated rings. The first-order valence-electron chi connectivity index (χ1n) is 12.3. The molecule has 9 nitrogen and oxygen atoms in total. The Morgan fingerprint density at radius 1 is 0.923 bits per heavy atom. The lowest BCUT2D eigenvalue weighted by atomic mass is 9.82. The number of ether oxygens (including phenoxy) is 1. The SMILES string of the molecule is CCOC(=O)C1=C(CN2C(=O)NC(c3ccccc3)(c3ccccc3)C2=O)NC(=O)NC1c1ccc(Cl)cc1. The molecule has 1 saturated heterocycles. The van der Waals surface area contributed by atoms with Crippen LogP contribution in [0.5, 0.6) is 0 Å². The first kappa shape index (κ1) is 26.0. The Kier molecular flexibility index (Phi) is 7.08. The maximum atomic E-state index is 14.1. The summed E-state index contributed by atoms with van der Waals surface area (Å²) < 4.78 is 5.30. The Balaban J connectivity index is 1.59. The number of imide groups is 1. The van der Waals surface area contributed by atoms with Crippen LogP contribution in [0.25, 0.3) is 0 Å². The van der Waals surface area contributed by atoms with Crippen molar-refractivity contribution in [1.29, 1.82) is 0 Å². The highest BCUT2D eigenvalue weighted by molar-refractivity contribution is 6.30. The van der Waals surface area contributed by atoms with Crippen molar-refractivity contribution < 1.29 is 23.9 Å². The second-order valence-corrected chi connectivity index (χ2v) is 9.44. The van der Waals surface area contributed by atoms with E-state index in [4.69, 9.17) is 16.3 Å². The second kappa shape index (κ2) is 10.6. The average Bonchev–Trinajstić information content (AvgIpc) is 3.20. The Hall–Kier alpha value is -4.63. The normalized spacial score (nSPS) is 18.4. The lowest BCUT2D eigenvalue weighted by molar-refractivity contribution is -0.139. The Labute approximate surface area is 229 Å². The van der Waals surface area contributed by atoms with E-state index in [0.717, 1.165) is 4.90 Å². The molecule has 0 radical (unpaired) electrons. The van der Waals surface area contributed by atoms with Crippen LogP contribution in [0.4, 0.5) is 9.59 Å². The zero-order chi connectivity index (χ0) is 27.6. The molecule has 39 heavy (non-hydrogen) atoms. The van der Waals surface area contributed by atoms with Gasteiger partial charge in [0.05, 0.1) is 30.5 Å². The van der Waals surface area contributed by atoms with E-state index in [-0.39, 0.29) is 24.4 Å². The summed E-state index contributed by atoms with van der Waals surface area (Å²) in [6, 6.07) is 22.3. The summed E-state index contributed by atoms with van der Waals surface area (Å²) in [5.41, 5.74) is 0.399. The van der Waals surface area contributed by atoms with E-state index in [9.17, 15) is 19.2 Å². The summed E-state index contributed by atoms with van der Waals surface area (Å²) in [6.45, 7) is 1.39. The number of benzene rings is 3. The van der Waals surface area contributed by atoms with Gasteiger partial charge in [0.15, 0.2) is 5.54 Å². The summed E-state index contributed by atoms with van der Waals surface area (Å²) in [5.74, 6) is -1.24. The van der Waals surface area contributed by atoms with E-state index < -0.39 is 35.5 Å². The van der Waals surface area contributed by atoms with E-state index in [1.165, 1.54) is 0 Å². The zero-order valence-corrected chi connectivity index (χ0v) is 21.7. The highest BCUT2D eigenvalue weighted by Gasteiger charge is 2.54. The van der Waals surface area contributed by atoms with Gasteiger partial charge in [-0.15, -0.1) is 0 Å². The van der Waals surface area contributed by atoms with Crippen LogP contribution in [0, 0.1) is 0 Å². The van der Waals surface area contributed by atoms with Crippen LogP contribution < -0.4 is 16.0 Å². The fraction of sp³-hybridized carbons (Fsp3) is 0.172. The standard InChI is InChI=1S/C29H25ClN4O5/c1-2-39-25(35)23-22(31-27(37)32-24(23)18-13-15-21(30)16-14-18)17-34-26(36)29(33-28(34)38,19-9-5-3-6-10-19)20-11-7-4-8-12-20/h3-16,24H,2,17H2,1H3,(H,33,38)(H2,31,32,37). The number of nitrogens with zero attached hydrogens (tertiary/aromatic N) is 1. The molecule has 0 aromatic heterocycles. The predicted molar refractivity (Wildman–Crippen MR) is 143 cm³/mol. The van der Waals surface area contributed by atoms with E-state index in [0.29, 0.717) is 21.7 Å². The van der Waals surface area contributed by atoms with Crippen molar-refractivity contribution in [3.8, 4) is 0 Å². The number of halogens is 1. The quantitative estimate of drug-likeness (QED) is 0.307. The minimum absolute atomic E-state index is 0.0799. The molecule has 0 spiro atoms. The number of nitrogens with one attached hydrogen (secondary N) is 3. The monoisotopic (exact) mass is 544 g/mol. The number of hydrogen-bond acceptors (Lipinski definition) is 5. The fourth-order valence-electron chi connectivity index (χ4n) is 4.91. The number of hydrogen-bond donors (Lipinski definition) is 3. The minimum Gasteiger partial charge on any atom is -0.463 e. The number of carbonyl (C=O) groups is 4. The van der Waals surface area contributed by atoms with Gasteiger partial charge in [-0.3, -0.25) is 9.69 Å². The van der Waals surface area contributed by atoms with Gasteiger partial charge in [-0.25, -0.2) is 14.4 Å². The smallest absolute Gasteiger partial charge is 0.338 e. The molecule has 3 aromatic carbocycles. The molecule has 0 bridgehead atoms. The van der Waals surface area contributed by atoms with Gasteiger partial charge in [-0.2, -0.15) is 0 Å². The third-order valence-electron chi connectivity index (χ3n) is 6.69. The molecule has 3 N–H and O–H groups in total. The van der Waals surface area contributed by atoms with Crippen molar-refractivity contribution in [2.45, 2.75) is 18.5 Å². The van der Waals surface area contributed by atoms with Crippen LogP contribution >= 0.6 is 11.6 Å². The van der Waals surface area contributed by atoms with Gasteiger partial charge >= 0.3 is 18.0 Å². The minimum atomic E-state index is -1.49. The lowest BCUT2D eigenvalue weighted by Crippen LogP contribution is -2.49. The van der Waals surface area contributed by atoms with E-state index in [1.807, 2.05) is 12.1 Å². The summed E-state index contributed by atoms with van der Waals surface area (Å²) in [6.07, 6.45) is 0. The van der Waals surface area contributed by atoms with Gasteiger partial charge in [0.2, 0.25) is 0 Å². The van der Waals surface area contributed by atoms with E-state index in [1.54, 1.807) is 79.7 Å². The Morgan fingerprint density at radius 3 is 2.08 bits per heavy atom. The number of amides is 5. The summed E-state index contributed by atoms with van der Waals surface area (Å²) in [7, 11) is 0. The number of rotatable bonds is 7. The first-order chi connectivity index (χ1) is 18.8. The van der Waals surface area contributed by atoms with Crippen LogP contribution in [0.3, 0.4) is 0 Å². The Bertz CT molecular complexity index is 1420. The molecule has 2 aliphatic heterocycles. The molecule has 5 amide bonds. The van der Waals surface area contributed by atoms with Crippen LogP contribution in [0.2, 0.25) is 5.02 Å². The number of esters is 1. The first-order valence-corrected chi connectivity index (χ1v) is 12.7. The molecule has 5 rings (SSSR count). The van der Waals surface area contributed by atoms with Crippen molar-refractivity contribution in [3.05, 3.63) is 118 Å². The molecule has 3 aromatic rings. The summed E-state index contributed by atoms with van der Waals surface area (Å²) >= 11 is 6.04. The van der Waals surface area contributed by atoms with Crippen molar-refractivity contribution in [2.75, 3.05) is 13.2 Å². The predicted octanol–water partition coefficient (Wildman–Crippen LogP) is 4.01. The zero-order valence-electron chi connectivity index (χ0n) is 20.9. The van der Waals surface area contributed by atoms with Gasteiger partial charge in [-0.1, -0.05) is 84.4 Å². The molecule has 1 unspecified atom stereocenters. The third-order valence-corrected chi connectivity index (χ3v) is 6.94. The average molecular weight is 545 g/mol. The van der Waals surface area contributed by atoms with E-state index >= 15 is 0 Å². The van der Waals surface area contributed by atoms with Crippen LogP contribution in [-0.2, 0) is 19.9 Å². The van der Waals surface area contributed by atoms with Crippen molar-refractivity contribution in [3.63, 3.8) is 0 Å². The van der Waals surface area contributed by atoms with Gasteiger partial charge in [-0.05, 0) is 35.7 Å². The molecule has 0 saturated carbocycles. The van der Waals surface area contributed by atoms with Gasteiger partial charge < -0.3 is 20.7 Å². The topological polar surface area (TPSA) is 117 Å². The highest BCUT2D eigenvalue weighted by atomic mass is 35.5. The molecule has 2 heterocycles. The lowest BCUT2D eigenvalue weighted by Gasteiger charge is -2.31.